The second-order valence-electron chi connectivity index (χ2n) is 5.78. The van der Waals surface area contributed by atoms with Crippen LogP contribution >= 0.6 is 0 Å². The fourth-order valence-electron chi connectivity index (χ4n) is 2.76. The van der Waals surface area contributed by atoms with Crippen molar-refractivity contribution in [1.29, 1.82) is 0 Å². The van der Waals surface area contributed by atoms with Crippen molar-refractivity contribution in [2.24, 2.45) is 5.92 Å². The predicted octanol–water partition coefficient (Wildman–Crippen LogP) is 2.61. The molecule has 0 fully saturated rings. The molecule has 25 heavy (non-hydrogen) atoms. The summed E-state index contributed by atoms with van der Waals surface area (Å²) in [5.41, 5.74) is 2.10. The van der Waals surface area contributed by atoms with Crippen LogP contribution in [0.3, 0.4) is 0 Å². The number of amides is 1. The third-order valence-electron chi connectivity index (χ3n) is 4.17. The van der Waals surface area contributed by atoms with E-state index in [1.54, 1.807) is 42.0 Å². The van der Waals surface area contributed by atoms with Gasteiger partial charge in [-0.15, -0.1) is 0 Å². The molecule has 3 aromatic rings. The van der Waals surface area contributed by atoms with E-state index >= 15 is 0 Å². The van der Waals surface area contributed by atoms with Crippen molar-refractivity contribution < 1.29 is 14.3 Å². The number of nitrogens with one attached hydrogen (secondary N) is 1. The molecular weight excluding hydrogens is 318 g/mol. The standard InChI is InChI=1S/C19H19N3O3/c1-13(19(24)25-2)17(14-6-4-3-5-7-14)21-18(23)15-8-9-16-20-10-11-22(16)12-15/h3-13,17H,1-2H3,(H,21,23)/t13-,17+/m1/s1. The van der Waals surface area contributed by atoms with Gasteiger partial charge < -0.3 is 14.5 Å². The number of imidazole rings is 1. The van der Waals surface area contributed by atoms with Gasteiger partial charge in [0.05, 0.1) is 24.6 Å². The Hall–Kier alpha value is -3.15. The first-order chi connectivity index (χ1) is 12.1. The summed E-state index contributed by atoms with van der Waals surface area (Å²) in [6.45, 7) is 1.74. The highest BCUT2D eigenvalue weighted by atomic mass is 16.5. The van der Waals surface area contributed by atoms with Gasteiger partial charge in [0.1, 0.15) is 5.65 Å². The topological polar surface area (TPSA) is 72.7 Å². The number of carbonyl (C=O) groups excluding carboxylic acids is 2. The zero-order chi connectivity index (χ0) is 17.8. The number of ether oxygens (including phenoxy) is 1. The Kier molecular flexibility index (Phi) is 4.79. The summed E-state index contributed by atoms with van der Waals surface area (Å²) < 4.78 is 6.62. The zero-order valence-corrected chi connectivity index (χ0v) is 14.0. The van der Waals surface area contributed by atoms with Crippen LogP contribution in [0, 0.1) is 5.92 Å². The molecule has 0 radical (unpaired) electrons. The molecule has 1 aromatic carbocycles. The van der Waals surface area contributed by atoms with Gasteiger partial charge >= 0.3 is 5.97 Å². The van der Waals surface area contributed by atoms with Gasteiger partial charge in [-0.25, -0.2) is 4.98 Å². The van der Waals surface area contributed by atoms with Gasteiger partial charge in [-0.3, -0.25) is 9.59 Å². The number of pyridine rings is 1. The van der Waals surface area contributed by atoms with Gasteiger partial charge in [-0.05, 0) is 24.6 Å². The maximum absolute atomic E-state index is 12.7. The predicted molar refractivity (Wildman–Crippen MR) is 93.0 cm³/mol. The molecular formula is C19H19N3O3. The quantitative estimate of drug-likeness (QED) is 0.727. The van der Waals surface area contributed by atoms with Crippen LogP contribution in [0.2, 0.25) is 0 Å². The average molecular weight is 337 g/mol. The number of fused-ring (bicyclic) bond motifs is 1. The molecule has 1 N–H and O–H groups in total. The van der Waals surface area contributed by atoms with Crippen molar-refractivity contribution in [1.82, 2.24) is 14.7 Å². The monoisotopic (exact) mass is 337 g/mol. The van der Waals surface area contributed by atoms with Crippen molar-refractivity contribution in [3.63, 3.8) is 0 Å². The number of hydrogen-bond donors (Lipinski definition) is 1. The van der Waals surface area contributed by atoms with Gasteiger partial charge in [0.2, 0.25) is 0 Å². The lowest BCUT2D eigenvalue weighted by atomic mass is 9.94. The number of nitrogens with zero attached hydrogens (tertiary/aromatic N) is 2. The normalized spacial score (nSPS) is 13.2. The van der Waals surface area contributed by atoms with Gasteiger partial charge in [-0.1, -0.05) is 30.3 Å². The molecule has 0 saturated heterocycles. The van der Waals surface area contributed by atoms with Crippen LogP contribution in [0.1, 0.15) is 28.9 Å². The zero-order valence-electron chi connectivity index (χ0n) is 14.0. The highest BCUT2D eigenvalue weighted by Gasteiger charge is 2.28. The summed E-state index contributed by atoms with van der Waals surface area (Å²) in [4.78, 5) is 28.9. The molecule has 3 rings (SSSR count). The highest BCUT2D eigenvalue weighted by molar-refractivity contribution is 5.94. The number of benzene rings is 1. The second-order valence-corrected chi connectivity index (χ2v) is 5.78. The van der Waals surface area contributed by atoms with Gasteiger partial charge in [0, 0.05) is 18.6 Å². The Labute approximate surface area is 145 Å². The van der Waals surface area contributed by atoms with Crippen LogP contribution in [0.15, 0.2) is 61.1 Å². The van der Waals surface area contributed by atoms with Crippen LogP contribution in [0.5, 0.6) is 0 Å². The van der Waals surface area contributed by atoms with Crippen LogP contribution in [-0.4, -0.2) is 28.4 Å². The van der Waals surface area contributed by atoms with E-state index in [0.717, 1.165) is 11.2 Å². The Morgan fingerprint density at radius 3 is 2.64 bits per heavy atom. The smallest absolute Gasteiger partial charge is 0.310 e. The first-order valence-electron chi connectivity index (χ1n) is 7.96. The number of hydrogen-bond acceptors (Lipinski definition) is 4. The fourth-order valence-corrected chi connectivity index (χ4v) is 2.76. The van der Waals surface area contributed by atoms with E-state index in [-0.39, 0.29) is 11.9 Å². The maximum Gasteiger partial charge on any atom is 0.310 e. The van der Waals surface area contributed by atoms with E-state index in [1.165, 1.54) is 7.11 Å². The molecule has 6 heteroatoms. The number of methoxy groups -OCH3 is 1. The van der Waals surface area contributed by atoms with E-state index in [9.17, 15) is 9.59 Å². The minimum absolute atomic E-state index is 0.264. The summed E-state index contributed by atoms with van der Waals surface area (Å²) in [6, 6.07) is 12.4. The molecule has 0 aliphatic carbocycles. The summed E-state index contributed by atoms with van der Waals surface area (Å²) in [5, 5.41) is 2.95. The van der Waals surface area contributed by atoms with Crippen molar-refractivity contribution in [2.45, 2.75) is 13.0 Å². The molecule has 2 heterocycles. The maximum atomic E-state index is 12.7. The molecule has 6 nitrogen and oxygen atoms in total. The number of carbonyl (C=O) groups is 2. The molecule has 0 aliphatic heterocycles. The number of esters is 1. The molecule has 0 aliphatic rings. The second kappa shape index (κ2) is 7.17. The molecule has 2 aromatic heterocycles. The van der Waals surface area contributed by atoms with Crippen molar-refractivity contribution in [3.8, 4) is 0 Å². The summed E-state index contributed by atoms with van der Waals surface area (Å²) in [6.07, 6.45) is 5.16. The molecule has 2 atom stereocenters. The van der Waals surface area contributed by atoms with Gasteiger partial charge in [0.15, 0.2) is 0 Å². The van der Waals surface area contributed by atoms with Crippen LogP contribution in [-0.2, 0) is 9.53 Å². The summed E-state index contributed by atoms with van der Waals surface area (Å²) >= 11 is 0. The van der Waals surface area contributed by atoms with E-state index in [0.29, 0.717) is 5.56 Å². The van der Waals surface area contributed by atoms with Crippen molar-refractivity contribution >= 4 is 17.5 Å². The highest BCUT2D eigenvalue weighted by Crippen LogP contribution is 2.23. The van der Waals surface area contributed by atoms with Crippen LogP contribution < -0.4 is 5.32 Å². The largest absolute Gasteiger partial charge is 0.469 e. The van der Waals surface area contributed by atoms with Crippen molar-refractivity contribution in [2.75, 3.05) is 7.11 Å². The van der Waals surface area contributed by atoms with Gasteiger partial charge in [-0.2, -0.15) is 0 Å². The fraction of sp³-hybridized carbons (Fsp3) is 0.211. The SMILES string of the molecule is COC(=O)[C@H](C)[C@H](NC(=O)c1ccc2nccn2c1)c1ccccc1. The lowest BCUT2D eigenvalue weighted by molar-refractivity contribution is -0.145. The molecule has 0 bridgehead atoms. The summed E-state index contributed by atoms with van der Waals surface area (Å²) in [5.74, 6) is -1.16. The Morgan fingerprint density at radius 2 is 1.92 bits per heavy atom. The number of rotatable bonds is 5. The Bertz CT molecular complexity index is 889. The van der Waals surface area contributed by atoms with E-state index in [1.807, 2.05) is 30.3 Å². The van der Waals surface area contributed by atoms with E-state index in [4.69, 9.17) is 4.74 Å². The molecule has 0 spiro atoms. The Balaban J connectivity index is 1.88. The van der Waals surface area contributed by atoms with Gasteiger partial charge in [0.25, 0.3) is 5.91 Å². The molecule has 0 saturated carbocycles. The third-order valence-corrected chi connectivity index (χ3v) is 4.17. The summed E-state index contributed by atoms with van der Waals surface area (Å²) in [7, 11) is 1.34. The lowest BCUT2D eigenvalue weighted by Crippen LogP contribution is -2.36. The Morgan fingerprint density at radius 1 is 1.16 bits per heavy atom. The molecule has 128 valence electrons. The molecule has 1 amide bonds. The minimum Gasteiger partial charge on any atom is -0.469 e. The first-order valence-corrected chi connectivity index (χ1v) is 7.96. The number of aromatic nitrogens is 2. The van der Waals surface area contributed by atoms with E-state index in [2.05, 4.69) is 10.3 Å². The first kappa shape index (κ1) is 16.7. The van der Waals surface area contributed by atoms with Crippen LogP contribution in [0.4, 0.5) is 0 Å². The minimum atomic E-state index is -0.520. The third kappa shape index (κ3) is 3.52. The lowest BCUT2D eigenvalue weighted by Gasteiger charge is -2.24. The average Bonchev–Trinajstić information content (AvgIpc) is 3.13. The van der Waals surface area contributed by atoms with Crippen molar-refractivity contribution in [3.05, 3.63) is 72.2 Å². The van der Waals surface area contributed by atoms with Crippen LogP contribution in [0.25, 0.3) is 5.65 Å². The molecule has 0 unspecified atom stereocenters. The van der Waals surface area contributed by atoms with E-state index < -0.39 is 12.0 Å².